The van der Waals surface area contributed by atoms with E-state index in [2.05, 4.69) is 25.6 Å². The molecule has 0 bridgehead atoms. The SMILES string of the molecule is CCOP(=O)(OCC)C(NC(=O)CCNC(=O)[C@H]1O[C@@H](n2cnc3c(N)ncnc32)[C@@H](O)[C@H]1O)P(=O)(OCC)OCC. The molecule has 0 saturated carbocycles. The number of carbonyl (C=O) groups is 2. The average molecular weight is 638 g/mol. The molecule has 1 saturated heterocycles. The number of imidazole rings is 1. The predicted molar refractivity (Wildman–Crippen MR) is 147 cm³/mol. The number of aliphatic hydroxyl groups is 2. The zero-order valence-electron chi connectivity index (χ0n) is 23.6. The van der Waals surface area contributed by atoms with Gasteiger partial charge < -0.3 is 49.4 Å². The highest BCUT2D eigenvalue weighted by atomic mass is 31.2. The van der Waals surface area contributed by atoms with Gasteiger partial charge in [-0.15, -0.1) is 0 Å². The molecule has 3 rings (SSSR count). The molecule has 6 N–H and O–H groups in total. The van der Waals surface area contributed by atoms with Crippen molar-refractivity contribution in [3.63, 3.8) is 0 Å². The summed E-state index contributed by atoms with van der Waals surface area (Å²) in [5, 5.41) is 25.9. The van der Waals surface area contributed by atoms with E-state index in [-0.39, 0.29) is 56.4 Å². The number of fused-ring (bicyclic) bond motifs is 1. The van der Waals surface area contributed by atoms with Crippen molar-refractivity contribution >= 4 is 44.0 Å². The van der Waals surface area contributed by atoms with E-state index in [9.17, 15) is 28.9 Å². The predicted octanol–water partition coefficient (Wildman–Crippen LogP) is 0.466. The van der Waals surface area contributed by atoms with Gasteiger partial charge >= 0.3 is 15.2 Å². The Hall–Kier alpha value is -2.53. The zero-order chi connectivity index (χ0) is 31.1. The van der Waals surface area contributed by atoms with E-state index in [1.54, 1.807) is 27.7 Å². The van der Waals surface area contributed by atoms with Gasteiger partial charge in [0.2, 0.25) is 11.4 Å². The Morgan fingerprint density at radius 1 is 1.00 bits per heavy atom. The Kier molecular flexibility index (Phi) is 11.9. The normalized spacial score (nSPS) is 21.2. The number of amides is 2. The topological polar surface area (TPSA) is 249 Å². The molecule has 0 aliphatic carbocycles. The van der Waals surface area contributed by atoms with E-state index >= 15 is 0 Å². The summed E-state index contributed by atoms with van der Waals surface area (Å²) in [7, 11) is -8.47. The molecule has 0 spiro atoms. The number of nitrogens with zero attached hydrogens (tertiary/aromatic N) is 4. The number of carbonyl (C=O) groups excluding carboxylic acids is 2. The van der Waals surface area contributed by atoms with Gasteiger partial charge in [0.15, 0.2) is 23.8 Å². The molecule has 1 fully saturated rings. The number of rotatable bonds is 16. The molecule has 0 aromatic carbocycles. The van der Waals surface area contributed by atoms with Crippen molar-refractivity contribution in [2.75, 3.05) is 38.7 Å². The third-order valence-electron chi connectivity index (χ3n) is 5.93. The van der Waals surface area contributed by atoms with Crippen molar-refractivity contribution in [3.8, 4) is 0 Å². The fourth-order valence-corrected chi connectivity index (χ4v) is 9.13. The van der Waals surface area contributed by atoms with Crippen molar-refractivity contribution < 1.29 is 51.8 Å². The molecule has 2 amide bonds. The van der Waals surface area contributed by atoms with E-state index in [0.717, 1.165) is 0 Å². The van der Waals surface area contributed by atoms with E-state index < -0.39 is 57.1 Å². The Morgan fingerprint density at radius 2 is 1.57 bits per heavy atom. The van der Waals surface area contributed by atoms with Gasteiger partial charge in [-0.3, -0.25) is 23.3 Å². The Bertz CT molecular complexity index is 1280. The molecule has 1 aliphatic rings. The maximum absolute atomic E-state index is 13.5. The van der Waals surface area contributed by atoms with Crippen molar-refractivity contribution in [1.82, 2.24) is 30.2 Å². The smallest absolute Gasteiger partial charge is 0.365 e. The average Bonchev–Trinajstić information content (AvgIpc) is 3.49. The maximum atomic E-state index is 13.5. The number of hydrogen-bond acceptors (Lipinski definition) is 15. The minimum absolute atomic E-state index is 0.0796. The summed E-state index contributed by atoms with van der Waals surface area (Å²) in [6.45, 7) is 5.60. The molecule has 1 aliphatic heterocycles. The first-order valence-electron chi connectivity index (χ1n) is 13.2. The third-order valence-corrected chi connectivity index (χ3v) is 11.6. The van der Waals surface area contributed by atoms with Crippen LogP contribution >= 0.6 is 15.2 Å². The number of ether oxygens (including phenoxy) is 1. The number of nitrogens with two attached hydrogens (primary N) is 1. The summed E-state index contributed by atoms with van der Waals surface area (Å²) >= 11 is 0. The molecule has 2 aromatic heterocycles. The molecule has 42 heavy (non-hydrogen) atoms. The highest BCUT2D eigenvalue weighted by molar-refractivity contribution is 7.72. The van der Waals surface area contributed by atoms with Crippen LogP contribution in [0, 0.1) is 0 Å². The Morgan fingerprint density at radius 3 is 2.12 bits per heavy atom. The molecule has 236 valence electrons. The summed E-state index contributed by atoms with van der Waals surface area (Å²) in [6, 6.07) is 0. The first-order valence-corrected chi connectivity index (χ1v) is 16.5. The Balaban J connectivity index is 1.67. The fourth-order valence-electron chi connectivity index (χ4n) is 4.19. The summed E-state index contributed by atoms with van der Waals surface area (Å²) < 4.78 is 55.3. The van der Waals surface area contributed by atoms with Gasteiger partial charge in [-0.1, -0.05) is 0 Å². The van der Waals surface area contributed by atoms with E-state index in [1.165, 1.54) is 17.2 Å². The largest absolute Gasteiger partial charge is 0.387 e. The second-order valence-corrected chi connectivity index (χ2v) is 13.4. The fraction of sp³-hybridized carbons (Fsp3) is 0.682. The summed E-state index contributed by atoms with van der Waals surface area (Å²) in [4.78, 5) is 37.7. The van der Waals surface area contributed by atoms with Crippen LogP contribution in [0.1, 0.15) is 40.3 Å². The number of nitrogens with one attached hydrogen (secondary N) is 2. The van der Waals surface area contributed by atoms with Gasteiger partial charge in [-0.2, -0.15) is 0 Å². The molecule has 2 aromatic rings. The zero-order valence-corrected chi connectivity index (χ0v) is 25.4. The molecular weight excluding hydrogens is 600 g/mol. The van der Waals surface area contributed by atoms with Crippen molar-refractivity contribution in [2.45, 2.75) is 64.2 Å². The minimum atomic E-state index is -4.24. The monoisotopic (exact) mass is 637 g/mol. The number of aliphatic hydroxyl groups excluding tert-OH is 2. The third kappa shape index (κ3) is 7.33. The lowest BCUT2D eigenvalue weighted by atomic mass is 10.1. The van der Waals surface area contributed by atoms with E-state index in [4.69, 9.17) is 28.6 Å². The molecule has 3 heterocycles. The Labute approximate surface area is 241 Å². The van der Waals surface area contributed by atoms with Crippen LogP contribution in [-0.2, 0) is 41.6 Å². The van der Waals surface area contributed by atoms with Crippen LogP contribution in [0.3, 0.4) is 0 Å². The second-order valence-electron chi connectivity index (χ2n) is 8.74. The van der Waals surface area contributed by atoms with Crippen LogP contribution in [0.4, 0.5) is 5.82 Å². The van der Waals surface area contributed by atoms with Crippen molar-refractivity contribution in [3.05, 3.63) is 12.7 Å². The summed E-state index contributed by atoms with van der Waals surface area (Å²) in [5.41, 5.74) is 4.48. The van der Waals surface area contributed by atoms with Gasteiger partial charge in [-0.05, 0) is 27.7 Å². The first-order chi connectivity index (χ1) is 20.0. The van der Waals surface area contributed by atoms with Crippen LogP contribution < -0.4 is 16.4 Å². The van der Waals surface area contributed by atoms with E-state index in [1.807, 2.05) is 0 Å². The molecule has 20 heteroatoms. The van der Waals surface area contributed by atoms with Gasteiger partial charge in [0.1, 0.15) is 24.1 Å². The standard InChI is InChI=1S/C22H37N7O11P2/c1-5-36-41(34,37-6-2)22(42(35,38-7-3)39-8-4)28-13(30)9-10-24-20(33)17-15(31)16(32)21(40-17)29-12-27-14-18(23)25-11-26-19(14)29/h11-12,15-17,21-22,31-32H,5-10H2,1-4H3,(H,24,33)(H,28,30)(H2,23,25,26)/t15-,16+,17+,21-/m1/s1. The summed E-state index contributed by atoms with van der Waals surface area (Å²) in [5.74, 6) is -1.51. The lowest BCUT2D eigenvalue weighted by molar-refractivity contribution is -0.137. The molecule has 18 nitrogen and oxygen atoms in total. The second kappa shape index (κ2) is 14.8. The van der Waals surface area contributed by atoms with Crippen LogP contribution in [0.2, 0.25) is 0 Å². The van der Waals surface area contributed by atoms with Crippen molar-refractivity contribution in [2.24, 2.45) is 0 Å². The van der Waals surface area contributed by atoms with Crippen LogP contribution in [0.25, 0.3) is 11.2 Å². The van der Waals surface area contributed by atoms with Crippen LogP contribution in [0.15, 0.2) is 12.7 Å². The lowest BCUT2D eigenvalue weighted by Gasteiger charge is -2.31. The van der Waals surface area contributed by atoms with Gasteiger partial charge in [0.05, 0.1) is 32.8 Å². The van der Waals surface area contributed by atoms with Gasteiger partial charge in [0.25, 0.3) is 5.91 Å². The number of hydrogen-bond donors (Lipinski definition) is 5. The summed E-state index contributed by atoms with van der Waals surface area (Å²) in [6.07, 6.45) is -3.80. The highest BCUT2D eigenvalue weighted by Gasteiger charge is 2.52. The van der Waals surface area contributed by atoms with Crippen LogP contribution in [-0.4, -0.2) is 98.4 Å². The quantitative estimate of drug-likeness (QED) is 0.157. The molecule has 0 radical (unpaired) electrons. The molecular formula is C22H37N7O11P2. The van der Waals surface area contributed by atoms with Crippen molar-refractivity contribution in [1.29, 1.82) is 0 Å². The van der Waals surface area contributed by atoms with Gasteiger partial charge in [0, 0.05) is 13.0 Å². The van der Waals surface area contributed by atoms with Crippen LogP contribution in [0.5, 0.6) is 0 Å². The molecule has 4 atom stereocenters. The minimum Gasteiger partial charge on any atom is -0.387 e. The van der Waals surface area contributed by atoms with Gasteiger partial charge in [-0.25, -0.2) is 15.0 Å². The maximum Gasteiger partial charge on any atom is 0.365 e. The molecule has 0 unspecified atom stereocenters. The van der Waals surface area contributed by atoms with E-state index in [0.29, 0.717) is 0 Å². The lowest BCUT2D eigenvalue weighted by Crippen LogP contribution is -2.44. The number of anilines is 1. The number of aromatic nitrogens is 4. The first kappa shape index (κ1) is 34.0. The highest BCUT2D eigenvalue weighted by Crippen LogP contribution is 2.69. The number of nitrogen functional groups attached to an aromatic ring is 1.